The highest BCUT2D eigenvalue weighted by Crippen LogP contribution is 2.28. The molecule has 0 aliphatic rings. The van der Waals surface area contributed by atoms with Crippen LogP contribution in [0.5, 0.6) is 5.75 Å². The molecule has 21 heavy (non-hydrogen) atoms. The molecule has 1 unspecified atom stereocenters. The van der Waals surface area contributed by atoms with Crippen molar-refractivity contribution in [3.8, 4) is 5.75 Å². The first-order valence-corrected chi connectivity index (χ1v) is 7.62. The number of ether oxygens (including phenoxy) is 1. The summed E-state index contributed by atoms with van der Waals surface area (Å²) in [4.78, 5) is 0. The van der Waals surface area contributed by atoms with Gasteiger partial charge < -0.3 is 10.5 Å². The highest BCUT2D eigenvalue weighted by Gasteiger charge is 2.12. The van der Waals surface area contributed by atoms with Crippen molar-refractivity contribution in [1.29, 1.82) is 0 Å². The Morgan fingerprint density at radius 1 is 1.38 bits per heavy atom. The number of rotatable bonds is 7. The summed E-state index contributed by atoms with van der Waals surface area (Å²) in [5, 5.41) is 4.87. The molecule has 0 fully saturated rings. The molecule has 0 saturated carbocycles. The lowest BCUT2D eigenvalue weighted by Crippen LogP contribution is -2.22. The Kier molecular flexibility index (Phi) is 5.65. The van der Waals surface area contributed by atoms with Gasteiger partial charge in [-0.1, -0.05) is 24.6 Å². The average Bonchev–Trinajstić information content (AvgIpc) is 2.87. The normalized spacial score (nSPS) is 12.4. The van der Waals surface area contributed by atoms with Crippen LogP contribution in [0.15, 0.2) is 30.5 Å². The number of hydrogen-bond acceptors (Lipinski definition) is 3. The van der Waals surface area contributed by atoms with Crippen LogP contribution in [0.1, 0.15) is 24.6 Å². The van der Waals surface area contributed by atoms with Crippen LogP contribution in [0, 0.1) is 0 Å². The largest absolute Gasteiger partial charge is 0.493 e. The zero-order valence-corrected chi connectivity index (χ0v) is 13.3. The molecule has 1 aromatic carbocycles. The molecule has 1 aromatic heterocycles. The molecule has 114 valence electrons. The van der Waals surface area contributed by atoms with Gasteiger partial charge in [0, 0.05) is 42.0 Å². The van der Waals surface area contributed by atoms with Gasteiger partial charge in [0.05, 0.1) is 6.61 Å². The van der Waals surface area contributed by atoms with Crippen LogP contribution in [0.2, 0.25) is 5.02 Å². The summed E-state index contributed by atoms with van der Waals surface area (Å²) in [6, 6.07) is 7.84. The van der Waals surface area contributed by atoms with Crippen molar-refractivity contribution in [1.82, 2.24) is 9.78 Å². The number of aromatic nitrogens is 2. The number of aryl methyl sites for hydroxylation is 1. The quantitative estimate of drug-likeness (QED) is 0.855. The van der Waals surface area contributed by atoms with E-state index in [2.05, 4.69) is 12.0 Å². The average molecular weight is 308 g/mol. The maximum atomic E-state index is 6.28. The molecule has 2 aromatic rings. The first kappa shape index (κ1) is 15.9. The summed E-state index contributed by atoms with van der Waals surface area (Å²) in [6.45, 7) is 2.67. The molecular weight excluding hydrogens is 286 g/mol. The van der Waals surface area contributed by atoms with Crippen LogP contribution in [0.4, 0.5) is 0 Å². The fraction of sp³-hybridized carbons (Fsp3) is 0.438. The predicted molar refractivity (Wildman–Crippen MR) is 85.8 cm³/mol. The van der Waals surface area contributed by atoms with Gasteiger partial charge in [-0.3, -0.25) is 4.68 Å². The summed E-state index contributed by atoms with van der Waals surface area (Å²) in [5.41, 5.74) is 8.18. The highest BCUT2D eigenvalue weighted by molar-refractivity contribution is 6.31. The van der Waals surface area contributed by atoms with Crippen molar-refractivity contribution < 1.29 is 4.74 Å². The Labute approximate surface area is 130 Å². The molecule has 0 radical (unpaired) electrons. The number of benzene rings is 1. The zero-order valence-electron chi connectivity index (χ0n) is 12.6. The van der Waals surface area contributed by atoms with E-state index < -0.39 is 0 Å². The summed E-state index contributed by atoms with van der Waals surface area (Å²) in [7, 11) is 1.93. The number of nitrogens with zero attached hydrogens (tertiary/aromatic N) is 2. The molecule has 0 bridgehead atoms. The van der Waals surface area contributed by atoms with Crippen LogP contribution in [-0.4, -0.2) is 22.4 Å². The van der Waals surface area contributed by atoms with Gasteiger partial charge in [0.2, 0.25) is 0 Å². The van der Waals surface area contributed by atoms with Crippen molar-refractivity contribution in [3.63, 3.8) is 0 Å². The number of halogens is 1. The third-order valence-electron chi connectivity index (χ3n) is 3.60. The van der Waals surface area contributed by atoms with Crippen molar-refractivity contribution >= 4 is 11.6 Å². The molecule has 2 N–H and O–H groups in total. The Morgan fingerprint density at radius 2 is 2.19 bits per heavy atom. The monoisotopic (exact) mass is 307 g/mol. The van der Waals surface area contributed by atoms with Gasteiger partial charge in [-0.25, -0.2) is 0 Å². The second-order valence-corrected chi connectivity index (χ2v) is 5.54. The van der Waals surface area contributed by atoms with E-state index in [1.807, 2.05) is 36.0 Å². The standard InChI is InChI=1S/C16H22ClN3O/c1-3-12(18)11-14-15(17)5-4-6-16(14)21-10-8-13-7-9-19-20(13)2/h4-7,9,12H,3,8,10-11,18H2,1-2H3. The first-order valence-electron chi connectivity index (χ1n) is 7.24. The number of hydrogen-bond donors (Lipinski definition) is 1. The number of nitrogens with two attached hydrogens (primary N) is 1. The van der Waals surface area contributed by atoms with Crippen LogP contribution in [-0.2, 0) is 19.9 Å². The lowest BCUT2D eigenvalue weighted by atomic mass is 10.0. The molecular formula is C16H22ClN3O. The van der Waals surface area contributed by atoms with E-state index in [1.54, 1.807) is 6.20 Å². The summed E-state index contributed by atoms with van der Waals surface area (Å²) < 4.78 is 7.77. The van der Waals surface area contributed by atoms with E-state index in [4.69, 9.17) is 22.1 Å². The third-order valence-corrected chi connectivity index (χ3v) is 3.96. The Balaban J connectivity index is 2.02. The molecule has 0 amide bonds. The maximum Gasteiger partial charge on any atom is 0.124 e. The lowest BCUT2D eigenvalue weighted by Gasteiger charge is -2.16. The first-order chi connectivity index (χ1) is 10.1. The van der Waals surface area contributed by atoms with Gasteiger partial charge in [-0.15, -0.1) is 0 Å². The van der Waals surface area contributed by atoms with Gasteiger partial charge in [-0.2, -0.15) is 5.10 Å². The summed E-state index contributed by atoms with van der Waals surface area (Å²) in [5.74, 6) is 0.827. The Bertz CT molecular complexity index is 583. The molecule has 0 spiro atoms. The summed E-state index contributed by atoms with van der Waals surface area (Å²) >= 11 is 6.28. The second-order valence-electron chi connectivity index (χ2n) is 5.13. The molecule has 2 rings (SSSR count). The third kappa shape index (κ3) is 4.22. The SMILES string of the molecule is CCC(N)Cc1c(Cl)cccc1OCCc1ccnn1C. The zero-order chi connectivity index (χ0) is 15.2. The molecule has 4 nitrogen and oxygen atoms in total. The van der Waals surface area contributed by atoms with E-state index in [-0.39, 0.29) is 6.04 Å². The van der Waals surface area contributed by atoms with Gasteiger partial charge in [-0.05, 0) is 31.0 Å². The van der Waals surface area contributed by atoms with Crippen molar-refractivity contribution in [2.75, 3.05) is 6.61 Å². The van der Waals surface area contributed by atoms with E-state index in [0.717, 1.165) is 41.3 Å². The lowest BCUT2D eigenvalue weighted by molar-refractivity contribution is 0.314. The fourth-order valence-electron chi connectivity index (χ4n) is 2.19. The minimum absolute atomic E-state index is 0.101. The molecule has 0 saturated heterocycles. The van der Waals surface area contributed by atoms with Gasteiger partial charge in [0.25, 0.3) is 0 Å². The minimum Gasteiger partial charge on any atom is -0.493 e. The molecule has 0 aliphatic carbocycles. The van der Waals surface area contributed by atoms with Crippen LogP contribution in [0.25, 0.3) is 0 Å². The molecule has 1 heterocycles. The topological polar surface area (TPSA) is 53.1 Å². The van der Waals surface area contributed by atoms with Crippen LogP contribution >= 0.6 is 11.6 Å². The molecule has 5 heteroatoms. The van der Waals surface area contributed by atoms with E-state index in [0.29, 0.717) is 6.61 Å². The van der Waals surface area contributed by atoms with Crippen LogP contribution < -0.4 is 10.5 Å². The van der Waals surface area contributed by atoms with E-state index in [1.165, 1.54) is 0 Å². The van der Waals surface area contributed by atoms with Gasteiger partial charge in [0.15, 0.2) is 0 Å². The van der Waals surface area contributed by atoms with Crippen molar-refractivity contribution in [2.45, 2.75) is 32.2 Å². The molecule has 1 atom stereocenters. The van der Waals surface area contributed by atoms with Gasteiger partial charge in [0.1, 0.15) is 5.75 Å². The van der Waals surface area contributed by atoms with Crippen LogP contribution in [0.3, 0.4) is 0 Å². The smallest absolute Gasteiger partial charge is 0.124 e. The minimum atomic E-state index is 0.101. The van der Waals surface area contributed by atoms with E-state index >= 15 is 0 Å². The fourth-order valence-corrected chi connectivity index (χ4v) is 2.43. The predicted octanol–water partition coefficient (Wildman–Crippen LogP) is 2.97. The Hall–Kier alpha value is -1.52. The highest BCUT2D eigenvalue weighted by atomic mass is 35.5. The van der Waals surface area contributed by atoms with Gasteiger partial charge >= 0.3 is 0 Å². The Morgan fingerprint density at radius 3 is 2.86 bits per heavy atom. The van der Waals surface area contributed by atoms with E-state index in [9.17, 15) is 0 Å². The molecule has 0 aliphatic heterocycles. The summed E-state index contributed by atoms with van der Waals surface area (Å²) in [6.07, 6.45) is 4.25. The van der Waals surface area contributed by atoms with Crippen molar-refractivity contribution in [2.24, 2.45) is 12.8 Å². The maximum absolute atomic E-state index is 6.28. The van der Waals surface area contributed by atoms with Crippen molar-refractivity contribution in [3.05, 3.63) is 46.7 Å². The second kappa shape index (κ2) is 7.48.